The van der Waals surface area contributed by atoms with Crippen molar-refractivity contribution < 1.29 is 39.6 Å². The molecule has 1 aromatic heterocycles. The van der Waals surface area contributed by atoms with Crippen molar-refractivity contribution in [2.45, 2.75) is 0 Å². The molecule has 0 radical (unpaired) electrons. The summed E-state index contributed by atoms with van der Waals surface area (Å²) in [7, 11) is 0. The Bertz CT molecular complexity index is 1310. The highest BCUT2D eigenvalue weighted by atomic mass is 16.4. The second-order valence-corrected chi connectivity index (χ2v) is 5.97. The van der Waals surface area contributed by atoms with Gasteiger partial charge in [-0.25, -0.2) is 29.1 Å². The molecule has 10 nitrogen and oxygen atoms in total. The number of para-hydroxylation sites is 2. The molecule has 0 amide bonds. The van der Waals surface area contributed by atoms with Crippen LogP contribution in [0.15, 0.2) is 48.6 Å². The summed E-state index contributed by atoms with van der Waals surface area (Å²) in [6.07, 6.45) is 0.777. The number of aliphatic carboxylic acids is 4. The third-order valence-electron chi connectivity index (χ3n) is 4.07. The zero-order valence-corrected chi connectivity index (χ0v) is 14.9. The maximum absolute atomic E-state index is 11.8. The molecule has 3 rings (SSSR count). The van der Waals surface area contributed by atoms with Gasteiger partial charge in [-0.05, 0) is 23.8 Å². The normalized spacial score (nSPS) is 12.1. The monoisotopic (exact) mass is 408 g/mol. The van der Waals surface area contributed by atoms with E-state index in [1.165, 1.54) is 12.1 Å². The molecule has 0 spiro atoms. The Hall–Kier alpha value is -4.60. The van der Waals surface area contributed by atoms with Gasteiger partial charge in [0.1, 0.15) is 0 Å². The predicted octanol–water partition coefficient (Wildman–Crippen LogP) is 1.89. The number of rotatable bonds is 6. The highest BCUT2D eigenvalue weighted by molar-refractivity contribution is 6.27. The number of hydrogen-bond donors (Lipinski definition) is 4. The molecule has 3 aromatic rings. The van der Waals surface area contributed by atoms with Crippen molar-refractivity contribution in [2.75, 3.05) is 0 Å². The molecular weight excluding hydrogens is 396 g/mol. The van der Waals surface area contributed by atoms with Crippen LogP contribution in [0.3, 0.4) is 0 Å². The Balaban J connectivity index is 2.54. The fourth-order valence-electron chi connectivity index (χ4n) is 2.93. The molecule has 2 aromatic carbocycles. The van der Waals surface area contributed by atoms with Crippen molar-refractivity contribution in [3.05, 3.63) is 59.7 Å². The lowest BCUT2D eigenvalue weighted by molar-refractivity contribution is -0.133. The van der Waals surface area contributed by atoms with Crippen molar-refractivity contribution in [3.63, 3.8) is 0 Å². The number of carboxylic acids is 4. The van der Waals surface area contributed by atoms with Gasteiger partial charge >= 0.3 is 23.9 Å². The fourth-order valence-corrected chi connectivity index (χ4v) is 2.93. The molecule has 0 atom stereocenters. The lowest BCUT2D eigenvalue weighted by Gasteiger charge is -2.14. The number of aromatic nitrogens is 2. The van der Waals surface area contributed by atoms with Gasteiger partial charge in [0.15, 0.2) is 0 Å². The standard InChI is InChI=1S/C20H12N2O8/c23-15(24)7-10(19(27)28)9-5-6-14-18(17(9)11(20(29)30)8-16(25)26)22-13-4-2-1-3-12(13)21-14/h1-8H,(H,23,24)(H,25,26)(H,27,28)(H,29,30)/b10-7-,11-8-. The molecule has 150 valence electrons. The summed E-state index contributed by atoms with van der Waals surface area (Å²) >= 11 is 0. The molecule has 1 heterocycles. The Labute approximate surface area is 167 Å². The molecule has 10 heteroatoms. The predicted molar refractivity (Wildman–Crippen MR) is 104 cm³/mol. The van der Waals surface area contributed by atoms with Crippen LogP contribution in [0.25, 0.3) is 33.2 Å². The molecule has 0 saturated carbocycles. The second kappa shape index (κ2) is 7.80. The summed E-state index contributed by atoms with van der Waals surface area (Å²) < 4.78 is 0. The van der Waals surface area contributed by atoms with Crippen LogP contribution in [0, 0.1) is 0 Å². The van der Waals surface area contributed by atoms with E-state index in [0.29, 0.717) is 23.2 Å². The molecule has 0 aliphatic heterocycles. The lowest BCUT2D eigenvalue weighted by atomic mass is 9.92. The maximum atomic E-state index is 11.8. The van der Waals surface area contributed by atoms with Crippen LogP contribution in [0.5, 0.6) is 0 Å². The zero-order valence-electron chi connectivity index (χ0n) is 14.9. The van der Waals surface area contributed by atoms with Crippen molar-refractivity contribution >= 4 is 57.1 Å². The van der Waals surface area contributed by atoms with Crippen LogP contribution in [0.4, 0.5) is 0 Å². The van der Waals surface area contributed by atoms with Gasteiger partial charge in [-0.2, -0.15) is 0 Å². The van der Waals surface area contributed by atoms with Crippen LogP contribution in [0.1, 0.15) is 11.1 Å². The van der Waals surface area contributed by atoms with Gasteiger partial charge in [0.25, 0.3) is 0 Å². The average molecular weight is 408 g/mol. The Kier molecular flexibility index (Phi) is 5.23. The number of fused-ring (bicyclic) bond motifs is 2. The van der Waals surface area contributed by atoms with Crippen LogP contribution in [0.2, 0.25) is 0 Å². The summed E-state index contributed by atoms with van der Waals surface area (Å²) in [5.41, 5.74) is -1.29. The van der Waals surface area contributed by atoms with Gasteiger partial charge in [-0.1, -0.05) is 18.2 Å². The van der Waals surface area contributed by atoms with E-state index in [2.05, 4.69) is 9.97 Å². The largest absolute Gasteiger partial charge is 0.478 e. The molecule has 30 heavy (non-hydrogen) atoms. The van der Waals surface area contributed by atoms with Crippen molar-refractivity contribution in [2.24, 2.45) is 0 Å². The summed E-state index contributed by atoms with van der Waals surface area (Å²) in [6.45, 7) is 0. The highest BCUT2D eigenvalue weighted by Gasteiger charge is 2.25. The van der Waals surface area contributed by atoms with E-state index in [1.54, 1.807) is 24.3 Å². The maximum Gasteiger partial charge on any atom is 0.336 e. The van der Waals surface area contributed by atoms with Gasteiger partial charge in [-0.3, -0.25) is 0 Å². The number of carboxylic acid groups (broad SMARTS) is 4. The minimum absolute atomic E-state index is 0.0846. The van der Waals surface area contributed by atoms with Crippen molar-refractivity contribution in [1.29, 1.82) is 0 Å². The van der Waals surface area contributed by atoms with Gasteiger partial charge in [0.2, 0.25) is 0 Å². The first-order valence-electron chi connectivity index (χ1n) is 8.25. The lowest BCUT2D eigenvalue weighted by Crippen LogP contribution is -2.11. The second-order valence-electron chi connectivity index (χ2n) is 5.97. The molecule has 0 saturated heterocycles. The number of hydrogen-bond acceptors (Lipinski definition) is 6. The van der Waals surface area contributed by atoms with Crippen LogP contribution in [-0.2, 0) is 19.2 Å². The average Bonchev–Trinajstić information content (AvgIpc) is 2.67. The smallest absolute Gasteiger partial charge is 0.336 e. The first-order chi connectivity index (χ1) is 14.2. The molecule has 0 bridgehead atoms. The SMILES string of the molecule is O=C(O)/C=C(\C(=O)O)c1ccc2nc3ccccc3nc2c1/C(=C/C(=O)O)C(=O)O. The van der Waals surface area contributed by atoms with E-state index in [0.717, 1.165) is 0 Å². The van der Waals surface area contributed by atoms with Crippen LogP contribution >= 0.6 is 0 Å². The fraction of sp³-hybridized carbons (Fsp3) is 0. The van der Waals surface area contributed by atoms with E-state index >= 15 is 0 Å². The molecule has 0 fully saturated rings. The van der Waals surface area contributed by atoms with Crippen molar-refractivity contribution in [3.8, 4) is 0 Å². The van der Waals surface area contributed by atoms with Crippen LogP contribution in [-0.4, -0.2) is 54.3 Å². The topological polar surface area (TPSA) is 175 Å². The first-order valence-corrected chi connectivity index (χ1v) is 8.25. The zero-order chi connectivity index (χ0) is 22.0. The van der Waals surface area contributed by atoms with E-state index < -0.39 is 35.0 Å². The van der Waals surface area contributed by atoms with Gasteiger partial charge in [-0.15, -0.1) is 0 Å². The number of carbonyl (C=O) groups is 4. The summed E-state index contributed by atoms with van der Waals surface area (Å²) in [5, 5.41) is 37.3. The first kappa shape index (κ1) is 20.1. The van der Waals surface area contributed by atoms with Crippen molar-refractivity contribution in [1.82, 2.24) is 9.97 Å². The molecular formula is C20H12N2O8. The van der Waals surface area contributed by atoms with E-state index in [9.17, 15) is 29.4 Å². The molecule has 0 unspecified atom stereocenters. The van der Waals surface area contributed by atoms with E-state index in [4.69, 9.17) is 10.2 Å². The third-order valence-corrected chi connectivity index (χ3v) is 4.07. The van der Waals surface area contributed by atoms with Gasteiger partial charge in [0.05, 0.1) is 33.2 Å². The summed E-state index contributed by atoms with van der Waals surface area (Å²) in [4.78, 5) is 54.6. The minimum Gasteiger partial charge on any atom is -0.478 e. The number of benzene rings is 2. The quantitative estimate of drug-likeness (QED) is 0.348. The van der Waals surface area contributed by atoms with Crippen LogP contribution < -0.4 is 0 Å². The minimum atomic E-state index is -1.67. The third kappa shape index (κ3) is 3.83. The molecule has 0 aliphatic carbocycles. The molecule has 4 N–H and O–H groups in total. The summed E-state index contributed by atoms with van der Waals surface area (Å²) in [6, 6.07) is 9.14. The summed E-state index contributed by atoms with van der Waals surface area (Å²) in [5.74, 6) is -6.49. The Morgan fingerprint density at radius 1 is 0.667 bits per heavy atom. The van der Waals surface area contributed by atoms with Gasteiger partial charge < -0.3 is 20.4 Å². The number of nitrogens with zero attached hydrogens (tertiary/aromatic N) is 2. The van der Waals surface area contributed by atoms with E-state index in [-0.39, 0.29) is 22.2 Å². The van der Waals surface area contributed by atoms with Gasteiger partial charge in [0, 0.05) is 17.7 Å². The highest BCUT2D eigenvalue weighted by Crippen LogP contribution is 2.33. The Morgan fingerprint density at radius 2 is 1.20 bits per heavy atom. The molecule has 0 aliphatic rings. The Morgan fingerprint density at radius 3 is 1.73 bits per heavy atom. The van der Waals surface area contributed by atoms with E-state index in [1.807, 2.05) is 0 Å².